The molecule has 0 radical (unpaired) electrons. The number of fused-ring (bicyclic) bond motifs is 4. The maximum atomic E-state index is 13.7. The number of nitrogens with one attached hydrogen (secondary N) is 3. The monoisotopic (exact) mass is 613 g/mol. The molecule has 0 aliphatic rings. The molecule has 0 aliphatic heterocycles. The SMILES string of the molecule is O=C(NCCNC(=O)c1cccc2c(-c3ccncc3)c(-c3ccc(F)cc3)nn12)c1cccc2c1[nH]c1c(C(=O)O)nccc12. The van der Waals surface area contributed by atoms with Gasteiger partial charge in [-0.15, -0.1) is 0 Å². The number of amides is 2. The Kier molecular flexibility index (Phi) is 7.14. The number of pyridine rings is 3. The van der Waals surface area contributed by atoms with Crippen molar-refractivity contribution in [3.8, 4) is 22.4 Å². The molecule has 12 heteroatoms. The van der Waals surface area contributed by atoms with E-state index in [1.165, 1.54) is 18.3 Å². The topological polar surface area (TPSA) is 154 Å². The molecule has 0 atom stereocenters. The predicted molar refractivity (Wildman–Crippen MR) is 169 cm³/mol. The molecule has 7 aromatic rings. The number of H-pyrrole nitrogens is 1. The standard InChI is InChI=1S/C34H24FN7O4/c35-21-9-7-20(8-10-21)28-27(19-11-14-36-15-12-19)25-5-2-6-26(42(25)41-28)33(44)39-18-17-38-32(43)24-4-1-3-22-23-13-16-37-31(34(45)46)30(23)40-29(22)24/h1-16,40H,17-18H2,(H,38,43)(H,39,44)(H,45,46). The van der Waals surface area contributed by atoms with Gasteiger partial charge in [0.05, 0.1) is 22.1 Å². The summed E-state index contributed by atoms with van der Waals surface area (Å²) in [5, 5.41) is 21.3. The molecule has 5 heterocycles. The minimum Gasteiger partial charge on any atom is -0.476 e. The van der Waals surface area contributed by atoms with Gasteiger partial charge in [0.15, 0.2) is 5.69 Å². The van der Waals surface area contributed by atoms with Crippen molar-refractivity contribution in [2.24, 2.45) is 0 Å². The van der Waals surface area contributed by atoms with Crippen LogP contribution in [0.25, 0.3) is 49.7 Å². The molecular weight excluding hydrogens is 589 g/mol. The van der Waals surface area contributed by atoms with Crippen molar-refractivity contribution in [3.05, 3.63) is 120 Å². The number of carbonyl (C=O) groups is 3. The molecule has 0 bridgehead atoms. The van der Waals surface area contributed by atoms with E-state index in [1.807, 2.05) is 18.2 Å². The molecule has 11 nitrogen and oxygen atoms in total. The zero-order valence-corrected chi connectivity index (χ0v) is 24.0. The van der Waals surface area contributed by atoms with Gasteiger partial charge in [-0.25, -0.2) is 18.7 Å². The number of hydrogen-bond acceptors (Lipinski definition) is 6. The van der Waals surface area contributed by atoms with Crippen LogP contribution in [0.2, 0.25) is 0 Å². The van der Waals surface area contributed by atoms with Crippen LogP contribution in [0.15, 0.2) is 97.5 Å². The van der Waals surface area contributed by atoms with Crippen LogP contribution in [0.5, 0.6) is 0 Å². The third-order valence-corrected chi connectivity index (χ3v) is 7.68. The first-order chi connectivity index (χ1) is 22.4. The Balaban J connectivity index is 1.11. The van der Waals surface area contributed by atoms with Gasteiger partial charge in [0, 0.05) is 53.6 Å². The van der Waals surface area contributed by atoms with Gasteiger partial charge in [-0.1, -0.05) is 18.2 Å². The Morgan fingerprint density at radius 3 is 2.26 bits per heavy atom. The van der Waals surface area contributed by atoms with Crippen LogP contribution in [0.1, 0.15) is 31.3 Å². The molecule has 0 aliphatic carbocycles. The molecule has 226 valence electrons. The first kappa shape index (κ1) is 28.3. The van der Waals surface area contributed by atoms with Gasteiger partial charge in [0.25, 0.3) is 11.8 Å². The van der Waals surface area contributed by atoms with Crippen LogP contribution in [0, 0.1) is 5.82 Å². The van der Waals surface area contributed by atoms with Crippen molar-refractivity contribution in [1.29, 1.82) is 0 Å². The normalized spacial score (nSPS) is 11.2. The maximum absolute atomic E-state index is 13.7. The van der Waals surface area contributed by atoms with Gasteiger partial charge in [-0.2, -0.15) is 5.10 Å². The number of aromatic carboxylic acids is 1. The lowest BCUT2D eigenvalue weighted by Gasteiger charge is -2.09. The average Bonchev–Trinajstić information content (AvgIpc) is 3.66. The van der Waals surface area contributed by atoms with Crippen molar-refractivity contribution < 1.29 is 23.9 Å². The van der Waals surface area contributed by atoms with Crippen molar-refractivity contribution in [2.45, 2.75) is 0 Å². The number of para-hydroxylation sites is 1. The van der Waals surface area contributed by atoms with Crippen molar-refractivity contribution in [1.82, 2.24) is 35.2 Å². The van der Waals surface area contributed by atoms with Crippen LogP contribution in [-0.2, 0) is 0 Å². The smallest absolute Gasteiger partial charge is 0.356 e. The number of aromatic amines is 1. The Hall–Kier alpha value is -6.43. The van der Waals surface area contributed by atoms with Crippen LogP contribution in [0.3, 0.4) is 0 Å². The molecular formula is C34H24FN7O4. The molecule has 4 N–H and O–H groups in total. The van der Waals surface area contributed by atoms with Gasteiger partial charge in [0.1, 0.15) is 17.2 Å². The van der Waals surface area contributed by atoms with Crippen LogP contribution < -0.4 is 10.6 Å². The molecule has 0 saturated carbocycles. The van der Waals surface area contributed by atoms with E-state index in [-0.39, 0.29) is 30.3 Å². The molecule has 0 fully saturated rings. The molecule has 46 heavy (non-hydrogen) atoms. The minimum atomic E-state index is -1.18. The van der Waals surface area contributed by atoms with Crippen LogP contribution in [0.4, 0.5) is 4.39 Å². The fraction of sp³-hybridized carbons (Fsp3) is 0.0588. The lowest BCUT2D eigenvalue weighted by molar-refractivity contribution is 0.0692. The van der Waals surface area contributed by atoms with E-state index < -0.39 is 17.8 Å². The highest BCUT2D eigenvalue weighted by Crippen LogP contribution is 2.35. The number of carboxylic acid groups (broad SMARTS) is 1. The van der Waals surface area contributed by atoms with Crippen molar-refractivity contribution >= 4 is 45.1 Å². The van der Waals surface area contributed by atoms with E-state index in [2.05, 4.69) is 25.6 Å². The highest BCUT2D eigenvalue weighted by atomic mass is 19.1. The summed E-state index contributed by atoms with van der Waals surface area (Å²) >= 11 is 0. The second-order valence-corrected chi connectivity index (χ2v) is 10.4. The summed E-state index contributed by atoms with van der Waals surface area (Å²) in [5.74, 6) is -2.34. The number of carboxylic acids is 1. The fourth-order valence-corrected chi connectivity index (χ4v) is 5.59. The summed E-state index contributed by atoms with van der Waals surface area (Å²) in [4.78, 5) is 49.3. The number of rotatable bonds is 8. The third-order valence-electron chi connectivity index (χ3n) is 7.68. The first-order valence-corrected chi connectivity index (χ1v) is 14.3. The molecule has 0 saturated heterocycles. The van der Waals surface area contributed by atoms with Gasteiger partial charge < -0.3 is 20.7 Å². The number of nitrogens with zero attached hydrogens (tertiary/aromatic N) is 4. The second kappa shape index (κ2) is 11.6. The molecule has 2 aromatic carbocycles. The average molecular weight is 614 g/mol. The Morgan fingerprint density at radius 1 is 0.783 bits per heavy atom. The Labute approximate surface area is 259 Å². The first-order valence-electron chi connectivity index (χ1n) is 14.3. The zero-order chi connectivity index (χ0) is 31.8. The van der Waals surface area contributed by atoms with E-state index in [1.54, 1.807) is 65.4 Å². The van der Waals surface area contributed by atoms with E-state index in [4.69, 9.17) is 5.10 Å². The highest BCUT2D eigenvalue weighted by molar-refractivity contribution is 6.17. The number of benzene rings is 2. The highest BCUT2D eigenvalue weighted by Gasteiger charge is 2.21. The number of carbonyl (C=O) groups excluding carboxylic acids is 2. The Bertz CT molecular complexity index is 2300. The van der Waals surface area contributed by atoms with Crippen molar-refractivity contribution in [2.75, 3.05) is 13.1 Å². The second-order valence-electron chi connectivity index (χ2n) is 10.4. The van der Waals surface area contributed by atoms with Gasteiger partial charge >= 0.3 is 5.97 Å². The van der Waals surface area contributed by atoms with Crippen LogP contribution >= 0.6 is 0 Å². The quantitative estimate of drug-likeness (QED) is 0.174. The summed E-state index contributed by atoms with van der Waals surface area (Å²) in [7, 11) is 0. The lowest BCUT2D eigenvalue weighted by Crippen LogP contribution is -2.35. The third kappa shape index (κ3) is 4.97. The predicted octanol–water partition coefficient (Wildman–Crippen LogP) is 5.09. The summed E-state index contributed by atoms with van der Waals surface area (Å²) in [6.45, 7) is 0.251. The van der Waals surface area contributed by atoms with E-state index in [9.17, 15) is 23.9 Å². The summed E-state index contributed by atoms with van der Waals surface area (Å²) in [5.41, 5.74) is 4.85. The molecule has 0 unspecified atom stereocenters. The van der Waals surface area contributed by atoms with E-state index in [0.717, 1.165) is 11.1 Å². The van der Waals surface area contributed by atoms with Gasteiger partial charge in [-0.05, 0) is 66.2 Å². The minimum absolute atomic E-state index is 0.125. The van der Waals surface area contributed by atoms with Crippen LogP contribution in [-0.4, -0.2) is 60.5 Å². The van der Waals surface area contributed by atoms with Gasteiger partial charge in [0.2, 0.25) is 0 Å². The largest absolute Gasteiger partial charge is 0.476 e. The molecule has 7 rings (SSSR count). The maximum Gasteiger partial charge on any atom is 0.356 e. The fourth-order valence-electron chi connectivity index (χ4n) is 5.59. The zero-order valence-electron chi connectivity index (χ0n) is 24.0. The number of hydrogen-bond donors (Lipinski definition) is 4. The number of aromatic nitrogens is 5. The van der Waals surface area contributed by atoms with Gasteiger partial charge in [-0.3, -0.25) is 14.6 Å². The van der Waals surface area contributed by atoms with Crippen molar-refractivity contribution in [3.63, 3.8) is 0 Å². The summed E-state index contributed by atoms with van der Waals surface area (Å²) in [6, 6.07) is 21.8. The molecule has 2 amide bonds. The molecule has 5 aromatic heterocycles. The summed E-state index contributed by atoms with van der Waals surface area (Å²) < 4.78 is 15.3. The number of halogens is 1. The molecule has 0 spiro atoms. The lowest BCUT2D eigenvalue weighted by atomic mass is 10.0. The summed E-state index contributed by atoms with van der Waals surface area (Å²) in [6.07, 6.45) is 4.75. The van der Waals surface area contributed by atoms with E-state index in [0.29, 0.717) is 44.1 Å². The Morgan fingerprint density at radius 2 is 1.50 bits per heavy atom. The van der Waals surface area contributed by atoms with E-state index >= 15 is 0 Å².